The van der Waals surface area contributed by atoms with Crippen molar-refractivity contribution in [1.82, 2.24) is 0 Å². The lowest BCUT2D eigenvalue weighted by Gasteiger charge is -2.07. The molecule has 0 radical (unpaired) electrons. The molecule has 0 N–H and O–H groups in total. The van der Waals surface area contributed by atoms with Gasteiger partial charge < -0.3 is 9.47 Å². The molecular formula is C27H12Cl3NO4S2. The highest BCUT2D eigenvalue weighted by Gasteiger charge is 2.28. The first-order valence-electron chi connectivity index (χ1n) is 10.8. The highest BCUT2D eigenvalue weighted by atomic mass is 35.5. The summed E-state index contributed by atoms with van der Waals surface area (Å²) in [5.41, 5.74) is 0.518. The first-order chi connectivity index (χ1) is 17.9. The second-order valence-electron chi connectivity index (χ2n) is 7.89. The lowest BCUT2D eigenvalue weighted by atomic mass is 10.1. The highest BCUT2D eigenvalue weighted by molar-refractivity contribution is 7.22. The quantitative estimate of drug-likeness (QED) is 0.120. The van der Waals surface area contributed by atoms with Gasteiger partial charge in [-0.3, -0.25) is 0 Å². The molecule has 1 aliphatic heterocycles. The Morgan fingerprint density at radius 2 is 1.65 bits per heavy atom. The number of cyclic esters (lactones) is 1. The molecule has 10 heteroatoms. The van der Waals surface area contributed by atoms with Crippen molar-refractivity contribution in [2.45, 2.75) is 0 Å². The lowest BCUT2D eigenvalue weighted by Crippen LogP contribution is -2.08. The fourth-order valence-corrected chi connectivity index (χ4v) is 6.91. The van der Waals surface area contributed by atoms with Crippen LogP contribution in [0, 0.1) is 0 Å². The van der Waals surface area contributed by atoms with E-state index < -0.39 is 11.9 Å². The predicted molar refractivity (Wildman–Crippen MR) is 151 cm³/mol. The molecule has 2 aromatic heterocycles. The number of halogens is 3. The summed E-state index contributed by atoms with van der Waals surface area (Å²) in [6.45, 7) is 0. The van der Waals surface area contributed by atoms with Gasteiger partial charge >= 0.3 is 11.9 Å². The molecule has 1 aliphatic rings. The van der Waals surface area contributed by atoms with Gasteiger partial charge in [0.1, 0.15) is 15.5 Å². The number of carbonyl (C=O) groups is 2. The Morgan fingerprint density at radius 1 is 0.892 bits per heavy atom. The molecule has 0 atom stereocenters. The average molecular weight is 585 g/mol. The van der Waals surface area contributed by atoms with Crippen LogP contribution in [0.25, 0.3) is 26.2 Å². The van der Waals surface area contributed by atoms with E-state index in [4.69, 9.17) is 44.3 Å². The molecule has 0 saturated heterocycles. The first kappa shape index (κ1) is 24.2. The third-order valence-corrected chi connectivity index (χ3v) is 9.08. The largest absolute Gasteiger partial charge is 0.422 e. The van der Waals surface area contributed by atoms with Crippen LogP contribution in [0.5, 0.6) is 5.75 Å². The van der Waals surface area contributed by atoms with Gasteiger partial charge in [0.05, 0.1) is 10.0 Å². The molecule has 37 heavy (non-hydrogen) atoms. The van der Waals surface area contributed by atoms with Crippen molar-refractivity contribution in [3.05, 3.63) is 103 Å². The molecule has 0 unspecified atom stereocenters. The summed E-state index contributed by atoms with van der Waals surface area (Å²) in [6, 6.07) is 19.6. The maximum absolute atomic E-state index is 13.0. The van der Waals surface area contributed by atoms with Crippen LogP contribution in [0.4, 0.5) is 0 Å². The van der Waals surface area contributed by atoms with E-state index in [1.807, 2.05) is 30.3 Å². The van der Waals surface area contributed by atoms with Crippen LogP contribution in [0.2, 0.25) is 15.1 Å². The number of nitrogens with zero attached hydrogens (tertiary/aromatic N) is 1. The molecule has 5 nitrogen and oxygen atoms in total. The molecule has 5 aromatic rings. The van der Waals surface area contributed by atoms with Gasteiger partial charge in [-0.15, -0.1) is 22.7 Å². The maximum atomic E-state index is 13.0. The summed E-state index contributed by atoms with van der Waals surface area (Å²) in [6.07, 6.45) is 1.50. The normalized spacial score (nSPS) is 14.4. The minimum absolute atomic E-state index is 0.0462. The fourth-order valence-electron chi connectivity index (χ4n) is 3.81. The topological polar surface area (TPSA) is 65.0 Å². The maximum Gasteiger partial charge on any atom is 0.363 e. The molecule has 0 saturated carbocycles. The van der Waals surface area contributed by atoms with E-state index in [0.717, 1.165) is 20.2 Å². The molecule has 0 aliphatic carbocycles. The van der Waals surface area contributed by atoms with Crippen LogP contribution in [0.3, 0.4) is 0 Å². The monoisotopic (exact) mass is 583 g/mol. The standard InChI is InChI=1S/C27H12Cl3NO4S2/c28-14-9-10-16-20(12-14)37-23(21(16)29)25-31-17(26(32)35-25)11-13-5-1-3-7-18(13)34-27(33)24-22(30)15-6-2-4-8-19(15)36-24/h1-12H/b17-11+. The van der Waals surface area contributed by atoms with Crippen molar-refractivity contribution < 1.29 is 19.1 Å². The lowest BCUT2D eigenvalue weighted by molar-refractivity contribution is -0.129. The number of aliphatic imine (C=N–C) groups is 1. The van der Waals surface area contributed by atoms with E-state index in [0.29, 0.717) is 30.4 Å². The Kier molecular flexibility index (Phi) is 6.26. The van der Waals surface area contributed by atoms with Crippen molar-refractivity contribution >= 4 is 102 Å². The van der Waals surface area contributed by atoms with Crippen molar-refractivity contribution in [1.29, 1.82) is 0 Å². The van der Waals surface area contributed by atoms with Crippen LogP contribution in [0.15, 0.2) is 77.4 Å². The number of para-hydroxylation sites is 1. The zero-order chi connectivity index (χ0) is 25.7. The Labute approximate surface area is 233 Å². The molecule has 182 valence electrons. The van der Waals surface area contributed by atoms with Gasteiger partial charge in [-0.25, -0.2) is 14.6 Å². The van der Waals surface area contributed by atoms with Crippen LogP contribution in [0.1, 0.15) is 20.1 Å². The van der Waals surface area contributed by atoms with E-state index in [1.165, 1.54) is 28.7 Å². The summed E-state index contributed by atoms with van der Waals surface area (Å²) < 4.78 is 12.8. The number of esters is 2. The van der Waals surface area contributed by atoms with E-state index in [-0.39, 0.29) is 17.3 Å². The number of ether oxygens (including phenoxy) is 2. The van der Waals surface area contributed by atoms with Gasteiger partial charge in [-0.2, -0.15) is 0 Å². The predicted octanol–water partition coefficient (Wildman–Crippen LogP) is 8.64. The molecule has 0 amide bonds. The molecule has 3 heterocycles. The summed E-state index contributed by atoms with van der Waals surface area (Å²) in [7, 11) is 0. The van der Waals surface area contributed by atoms with E-state index >= 15 is 0 Å². The van der Waals surface area contributed by atoms with E-state index in [1.54, 1.807) is 36.4 Å². The van der Waals surface area contributed by atoms with Gasteiger partial charge in [0.2, 0.25) is 5.90 Å². The molecular weight excluding hydrogens is 573 g/mol. The Balaban J connectivity index is 1.32. The van der Waals surface area contributed by atoms with Gasteiger partial charge in [-0.1, -0.05) is 77.3 Å². The summed E-state index contributed by atoms with van der Waals surface area (Å²) in [5.74, 6) is -0.884. The van der Waals surface area contributed by atoms with E-state index in [9.17, 15) is 9.59 Å². The number of fused-ring (bicyclic) bond motifs is 2. The number of hydrogen-bond donors (Lipinski definition) is 0. The third kappa shape index (κ3) is 4.43. The smallest absolute Gasteiger partial charge is 0.363 e. The minimum Gasteiger partial charge on any atom is -0.422 e. The zero-order valence-electron chi connectivity index (χ0n) is 18.5. The number of rotatable bonds is 4. The highest BCUT2D eigenvalue weighted by Crippen LogP contribution is 2.39. The average Bonchev–Trinajstić information content (AvgIpc) is 3.53. The number of benzene rings is 3. The summed E-state index contributed by atoms with van der Waals surface area (Å²) in [4.78, 5) is 30.8. The van der Waals surface area contributed by atoms with Crippen molar-refractivity contribution in [2.24, 2.45) is 4.99 Å². The van der Waals surface area contributed by atoms with Crippen molar-refractivity contribution in [2.75, 3.05) is 0 Å². The van der Waals surface area contributed by atoms with Gasteiger partial charge in [-0.05, 0) is 30.3 Å². The van der Waals surface area contributed by atoms with Gasteiger partial charge in [0.25, 0.3) is 0 Å². The molecule has 0 bridgehead atoms. The fraction of sp³-hybridized carbons (Fsp3) is 0. The molecule has 0 fully saturated rings. The molecule has 0 spiro atoms. The van der Waals surface area contributed by atoms with Crippen LogP contribution in [-0.2, 0) is 9.53 Å². The van der Waals surface area contributed by atoms with Crippen LogP contribution < -0.4 is 4.74 Å². The first-order valence-corrected chi connectivity index (χ1v) is 13.5. The Hall–Kier alpha value is -3.20. The number of hydrogen-bond acceptors (Lipinski definition) is 7. The van der Waals surface area contributed by atoms with Crippen molar-refractivity contribution in [3.63, 3.8) is 0 Å². The second-order valence-corrected chi connectivity index (χ2v) is 11.2. The molecule has 3 aromatic carbocycles. The minimum atomic E-state index is -0.643. The van der Waals surface area contributed by atoms with Crippen LogP contribution in [-0.4, -0.2) is 17.8 Å². The molecule has 6 rings (SSSR count). The van der Waals surface area contributed by atoms with E-state index in [2.05, 4.69) is 4.99 Å². The van der Waals surface area contributed by atoms with Gasteiger partial charge in [0, 0.05) is 30.8 Å². The number of carbonyl (C=O) groups excluding carboxylic acids is 2. The Morgan fingerprint density at radius 3 is 2.49 bits per heavy atom. The van der Waals surface area contributed by atoms with Crippen LogP contribution >= 0.6 is 57.5 Å². The Bertz CT molecular complexity index is 1820. The second kappa shape index (κ2) is 9.59. The zero-order valence-corrected chi connectivity index (χ0v) is 22.4. The van der Waals surface area contributed by atoms with Crippen molar-refractivity contribution in [3.8, 4) is 5.75 Å². The summed E-state index contributed by atoms with van der Waals surface area (Å²) >= 11 is 21.6. The third-order valence-electron chi connectivity index (χ3n) is 5.54. The van der Waals surface area contributed by atoms with Gasteiger partial charge in [0.15, 0.2) is 5.70 Å². The summed E-state index contributed by atoms with van der Waals surface area (Å²) in [5, 5.41) is 2.93. The number of thiophene rings is 2. The SMILES string of the molecule is O=C1OC(c2sc3cc(Cl)ccc3c2Cl)=N/C1=C/c1ccccc1OC(=O)c1sc2ccccc2c1Cl.